The summed E-state index contributed by atoms with van der Waals surface area (Å²) in [5, 5.41) is 0. The Morgan fingerprint density at radius 2 is 2.00 bits per heavy atom. The van der Waals surface area contributed by atoms with Crippen LogP contribution in [-0.4, -0.2) is 23.3 Å². The molecule has 2 aliphatic rings. The lowest BCUT2D eigenvalue weighted by Gasteiger charge is -2.39. The topological polar surface area (TPSA) is 20.3 Å². The van der Waals surface area contributed by atoms with Gasteiger partial charge in [-0.25, -0.2) is 0 Å². The molecule has 0 fully saturated rings. The van der Waals surface area contributed by atoms with Gasteiger partial charge in [0.1, 0.15) is 0 Å². The predicted octanol–water partition coefficient (Wildman–Crippen LogP) is 2.89. The Balaban J connectivity index is 2.27. The van der Waals surface area contributed by atoms with Crippen LogP contribution in [0.4, 0.5) is 0 Å². The predicted molar refractivity (Wildman–Crippen MR) is 61.6 cm³/mol. The molecular weight excluding hydrogens is 186 g/mol. The molecule has 0 N–H and O–H groups in total. The molecule has 0 saturated carbocycles. The Morgan fingerprint density at radius 3 is 2.73 bits per heavy atom. The highest BCUT2D eigenvalue weighted by Gasteiger charge is 2.29. The third-order valence-electron chi connectivity index (χ3n) is 3.82. The number of nitrogens with zero attached hydrogens (tertiary/aromatic N) is 1. The van der Waals surface area contributed by atoms with E-state index in [1.54, 1.807) is 0 Å². The van der Waals surface area contributed by atoms with E-state index in [-0.39, 0.29) is 0 Å². The van der Waals surface area contributed by atoms with Crippen LogP contribution in [0.1, 0.15) is 52.4 Å². The van der Waals surface area contributed by atoms with Gasteiger partial charge in [-0.3, -0.25) is 4.79 Å². The van der Waals surface area contributed by atoms with E-state index in [2.05, 4.69) is 18.7 Å². The molecule has 1 aliphatic heterocycles. The van der Waals surface area contributed by atoms with E-state index in [4.69, 9.17) is 0 Å². The summed E-state index contributed by atoms with van der Waals surface area (Å²) in [4.78, 5) is 14.3. The lowest BCUT2D eigenvalue weighted by Crippen LogP contribution is -2.39. The number of ketones is 1. The average Bonchev–Trinajstić information content (AvgIpc) is 2.29. The maximum Gasteiger partial charge on any atom is 0.162 e. The third kappa shape index (κ3) is 1.95. The first-order valence-corrected chi connectivity index (χ1v) is 6.26. The van der Waals surface area contributed by atoms with Gasteiger partial charge >= 0.3 is 0 Å². The molecule has 0 radical (unpaired) electrons. The van der Waals surface area contributed by atoms with Crippen molar-refractivity contribution in [2.24, 2.45) is 0 Å². The monoisotopic (exact) mass is 207 g/mol. The first-order valence-electron chi connectivity index (χ1n) is 6.26. The van der Waals surface area contributed by atoms with E-state index < -0.39 is 0 Å². The van der Waals surface area contributed by atoms with E-state index in [1.165, 1.54) is 25.0 Å². The van der Waals surface area contributed by atoms with Crippen LogP contribution in [0.15, 0.2) is 11.3 Å². The highest BCUT2D eigenvalue weighted by atomic mass is 16.1. The molecule has 2 nitrogen and oxygen atoms in total. The van der Waals surface area contributed by atoms with Gasteiger partial charge in [0.2, 0.25) is 0 Å². The molecule has 1 unspecified atom stereocenters. The standard InChI is InChI=1S/C13H21NO/c1-3-10(2)14-9-8-13(15)11-6-4-5-7-12(11)14/h10H,3-9H2,1-2H3. The fourth-order valence-corrected chi connectivity index (χ4v) is 2.72. The van der Waals surface area contributed by atoms with Gasteiger partial charge in [-0.15, -0.1) is 0 Å². The quantitative estimate of drug-likeness (QED) is 0.694. The highest BCUT2D eigenvalue weighted by Crippen LogP contribution is 2.33. The number of carbonyl (C=O) groups is 1. The minimum Gasteiger partial charge on any atom is -0.371 e. The zero-order chi connectivity index (χ0) is 10.8. The smallest absolute Gasteiger partial charge is 0.162 e. The first-order chi connectivity index (χ1) is 7.24. The Morgan fingerprint density at radius 1 is 1.27 bits per heavy atom. The molecule has 0 aromatic rings. The van der Waals surface area contributed by atoms with Crippen LogP contribution in [0.5, 0.6) is 0 Å². The molecule has 0 spiro atoms. The summed E-state index contributed by atoms with van der Waals surface area (Å²) < 4.78 is 0. The molecule has 0 saturated heterocycles. The zero-order valence-corrected chi connectivity index (χ0v) is 9.88. The number of rotatable bonds is 2. The maximum atomic E-state index is 11.8. The zero-order valence-electron chi connectivity index (χ0n) is 9.88. The van der Waals surface area contributed by atoms with Gasteiger partial charge in [-0.05, 0) is 39.0 Å². The molecular formula is C13H21NO. The van der Waals surface area contributed by atoms with Gasteiger partial charge in [0.15, 0.2) is 5.78 Å². The molecule has 0 amide bonds. The minimum atomic E-state index is 0.421. The second-order valence-electron chi connectivity index (χ2n) is 4.76. The van der Waals surface area contributed by atoms with Crippen LogP contribution in [0, 0.1) is 0 Å². The Hall–Kier alpha value is -0.790. The molecule has 2 rings (SSSR count). The van der Waals surface area contributed by atoms with Crippen molar-refractivity contribution in [1.82, 2.24) is 4.90 Å². The van der Waals surface area contributed by atoms with Crippen LogP contribution >= 0.6 is 0 Å². The number of carbonyl (C=O) groups excluding carboxylic acids is 1. The molecule has 1 heterocycles. The van der Waals surface area contributed by atoms with Crippen LogP contribution < -0.4 is 0 Å². The SMILES string of the molecule is CCC(C)N1CCC(=O)C2=C1CCCC2. The number of Topliss-reactive ketones (excluding diaryl/α,β-unsaturated/α-hetero) is 1. The Labute approximate surface area is 92.3 Å². The summed E-state index contributed by atoms with van der Waals surface area (Å²) in [6.45, 7) is 5.45. The Kier molecular flexibility index (Phi) is 3.13. The summed E-state index contributed by atoms with van der Waals surface area (Å²) in [6, 6.07) is 0.598. The molecule has 15 heavy (non-hydrogen) atoms. The van der Waals surface area contributed by atoms with E-state index in [0.29, 0.717) is 11.8 Å². The summed E-state index contributed by atoms with van der Waals surface area (Å²) >= 11 is 0. The number of hydrogen-bond acceptors (Lipinski definition) is 2. The van der Waals surface area contributed by atoms with Gasteiger partial charge in [-0.1, -0.05) is 6.92 Å². The van der Waals surface area contributed by atoms with Crippen molar-refractivity contribution in [1.29, 1.82) is 0 Å². The lowest BCUT2D eigenvalue weighted by molar-refractivity contribution is -0.117. The van der Waals surface area contributed by atoms with Crippen molar-refractivity contribution >= 4 is 5.78 Å². The Bertz CT molecular complexity index is 293. The van der Waals surface area contributed by atoms with Crippen molar-refractivity contribution in [3.63, 3.8) is 0 Å². The van der Waals surface area contributed by atoms with Crippen molar-refractivity contribution in [3.05, 3.63) is 11.3 Å². The molecule has 84 valence electrons. The molecule has 1 aliphatic carbocycles. The van der Waals surface area contributed by atoms with E-state index in [0.717, 1.165) is 31.4 Å². The number of hydrogen-bond donors (Lipinski definition) is 0. The molecule has 0 aromatic carbocycles. The highest BCUT2D eigenvalue weighted by molar-refractivity contribution is 5.97. The average molecular weight is 207 g/mol. The molecule has 2 heteroatoms. The molecule has 0 aromatic heterocycles. The largest absolute Gasteiger partial charge is 0.371 e. The summed E-state index contributed by atoms with van der Waals surface area (Å²) in [7, 11) is 0. The van der Waals surface area contributed by atoms with Gasteiger partial charge in [0.25, 0.3) is 0 Å². The second kappa shape index (κ2) is 4.38. The van der Waals surface area contributed by atoms with E-state index in [9.17, 15) is 4.79 Å². The first kappa shape index (κ1) is 10.7. The van der Waals surface area contributed by atoms with Crippen LogP contribution in [0.2, 0.25) is 0 Å². The molecule has 1 atom stereocenters. The van der Waals surface area contributed by atoms with E-state index in [1.807, 2.05) is 0 Å². The maximum absolute atomic E-state index is 11.8. The third-order valence-corrected chi connectivity index (χ3v) is 3.82. The van der Waals surface area contributed by atoms with E-state index >= 15 is 0 Å². The summed E-state index contributed by atoms with van der Waals surface area (Å²) in [5.74, 6) is 0.421. The van der Waals surface area contributed by atoms with Crippen molar-refractivity contribution in [2.75, 3.05) is 6.54 Å². The van der Waals surface area contributed by atoms with Gasteiger partial charge in [0, 0.05) is 30.3 Å². The van der Waals surface area contributed by atoms with Gasteiger partial charge in [-0.2, -0.15) is 0 Å². The summed E-state index contributed by atoms with van der Waals surface area (Å²) in [6.07, 6.45) is 6.54. The van der Waals surface area contributed by atoms with Crippen LogP contribution in [0.25, 0.3) is 0 Å². The minimum absolute atomic E-state index is 0.421. The van der Waals surface area contributed by atoms with Gasteiger partial charge in [0.05, 0.1) is 0 Å². The lowest BCUT2D eigenvalue weighted by atomic mass is 9.87. The van der Waals surface area contributed by atoms with Crippen LogP contribution in [0.3, 0.4) is 0 Å². The van der Waals surface area contributed by atoms with Crippen molar-refractivity contribution in [3.8, 4) is 0 Å². The molecule has 0 bridgehead atoms. The van der Waals surface area contributed by atoms with Crippen LogP contribution in [-0.2, 0) is 4.79 Å². The van der Waals surface area contributed by atoms with Crippen molar-refractivity contribution < 1.29 is 4.79 Å². The number of allylic oxidation sites excluding steroid dienone is 2. The van der Waals surface area contributed by atoms with Crippen molar-refractivity contribution in [2.45, 2.75) is 58.4 Å². The fraction of sp³-hybridized carbons (Fsp3) is 0.769. The summed E-state index contributed by atoms with van der Waals surface area (Å²) in [5.41, 5.74) is 2.54. The van der Waals surface area contributed by atoms with Gasteiger partial charge < -0.3 is 4.90 Å². The normalized spacial score (nSPS) is 24.1. The fourth-order valence-electron chi connectivity index (χ4n) is 2.72. The second-order valence-corrected chi connectivity index (χ2v) is 4.76.